The summed E-state index contributed by atoms with van der Waals surface area (Å²) in [5.41, 5.74) is 0.910. The Morgan fingerprint density at radius 2 is 1.94 bits per heavy atom. The van der Waals surface area contributed by atoms with Crippen LogP contribution in [0.4, 0.5) is 4.79 Å². The molecular weight excluding hydrogens is 450 g/mol. The minimum Gasteiger partial charge on any atom is -0.474 e. The van der Waals surface area contributed by atoms with Crippen LogP contribution >= 0.6 is 11.3 Å². The fourth-order valence-corrected chi connectivity index (χ4v) is 6.53. The summed E-state index contributed by atoms with van der Waals surface area (Å²) in [7, 11) is 3.65. The Morgan fingerprint density at radius 1 is 1.21 bits per heavy atom. The van der Waals surface area contributed by atoms with Gasteiger partial charge in [-0.3, -0.25) is 0 Å². The number of hydrogen-bond donors (Lipinski definition) is 0. The summed E-state index contributed by atoms with van der Waals surface area (Å²) in [6.07, 6.45) is 9.62. The zero-order valence-electron chi connectivity index (χ0n) is 21.4. The molecule has 2 atom stereocenters. The van der Waals surface area contributed by atoms with Crippen LogP contribution in [0.5, 0.6) is 5.88 Å². The highest BCUT2D eigenvalue weighted by molar-refractivity contribution is 7.19. The molecule has 2 aliphatic carbocycles. The second-order valence-corrected chi connectivity index (χ2v) is 11.8. The highest BCUT2D eigenvalue weighted by Gasteiger charge is 2.34. The van der Waals surface area contributed by atoms with Crippen molar-refractivity contribution >= 4 is 27.6 Å². The number of amides is 1. The maximum Gasteiger partial charge on any atom is 0.410 e. The van der Waals surface area contributed by atoms with Crippen molar-refractivity contribution in [1.82, 2.24) is 14.9 Å². The SMILES string of the molecule is CC[C@H](C[C@H]1CCc2sc3ncnc(O[C@H]4CC[C@H](N(C)C(=O)OC(C)(C)C)CC4)c3c21)OC. The first-order chi connectivity index (χ1) is 16.2. The maximum absolute atomic E-state index is 12.5. The van der Waals surface area contributed by atoms with Crippen LogP contribution in [-0.4, -0.2) is 59.0 Å². The van der Waals surface area contributed by atoms with Crippen molar-refractivity contribution in [3.63, 3.8) is 0 Å². The Balaban J connectivity index is 1.44. The summed E-state index contributed by atoms with van der Waals surface area (Å²) in [5.74, 6) is 1.20. The predicted octanol–water partition coefficient (Wildman–Crippen LogP) is 6.09. The first-order valence-corrected chi connectivity index (χ1v) is 13.4. The van der Waals surface area contributed by atoms with Crippen LogP contribution in [0.3, 0.4) is 0 Å². The average molecular weight is 490 g/mol. The van der Waals surface area contributed by atoms with E-state index >= 15 is 0 Å². The molecule has 1 amide bonds. The summed E-state index contributed by atoms with van der Waals surface area (Å²) < 4.78 is 17.8. The number of carbonyl (C=O) groups is 1. The number of aryl methyl sites for hydroxylation is 1. The normalized spacial score (nSPS) is 23.5. The predicted molar refractivity (Wildman–Crippen MR) is 135 cm³/mol. The Morgan fingerprint density at radius 3 is 2.59 bits per heavy atom. The lowest BCUT2D eigenvalue weighted by atomic mass is 9.92. The van der Waals surface area contributed by atoms with E-state index in [2.05, 4.69) is 16.9 Å². The van der Waals surface area contributed by atoms with E-state index in [1.54, 1.807) is 22.6 Å². The molecule has 1 saturated carbocycles. The van der Waals surface area contributed by atoms with E-state index < -0.39 is 5.60 Å². The highest BCUT2D eigenvalue weighted by Crippen LogP contribution is 2.48. The number of nitrogens with zero attached hydrogens (tertiary/aromatic N) is 3. The average Bonchev–Trinajstić information content (AvgIpc) is 3.36. The third-order valence-corrected chi connectivity index (χ3v) is 8.36. The molecule has 0 N–H and O–H groups in total. The van der Waals surface area contributed by atoms with Crippen molar-refractivity contribution in [1.29, 1.82) is 0 Å². The lowest BCUT2D eigenvalue weighted by molar-refractivity contribution is 0.0138. The summed E-state index contributed by atoms with van der Waals surface area (Å²) in [4.78, 5) is 25.8. The Kier molecular flexibility index (Phi) is 7.67. The van der Waals surface area contributed by atoms with Gasteiger partial charge in [0.25, 0.3) is 0 Å². The molecule has 2 aliphatic rings. The van der Waals surface area contributed by atoms with Crippen LogP contribution in [0.1, 0.15) is 89.0 Å². The summed E-state index contributed by atoms with van der Waals surface area (Å²) in [6, 6.07) is 0.176. The van der Waals surface area contributed by atoms with Crippen molar-refractivity contribution in [2.75, 3.05) is 14.2 Å². The van der Waals surface area contributed by atoms with Gasteiger partial charge in [0, 0.05) is 25.1 Å². The van der Waals surface area contributed by atoms with Crippen LogP contribution in [0.15, 0.2) is 6.33 Å². The topological polar surface area (TPSA) is 73.8 Å². The molecular formula is C26H39N3O4S. The fraction of sp³-hybridized carbons (Fsp3) is 0.731. The van der Waals surface area contributed by atoms with E-state index in [0.717, 1.165) is 67.5 Å². The van der Waals surface area contributed by atoms with Crippen molar-refractivity contribution in [2.24, 2.45) is 0 Å². The largest absolute Gasteiger partial charge is 0.474 e. The van der Waals surface area contributed by atoms with Gasteiger partial charge in [0.1, 0.15) is 22.9 Å². The first kappa shape index (κ1) is 25.2. The van der Waals surface area contributed by atoms with E-state index in [0.29, 0.717) is 5.92 Å². The summed E-state index contributed by atoms with van der Waals surface area (Å²) in [5, 5.41) is 1.11. The van der Waals surface area contributed by atoms with Crippen LogP contribution in [0.25, 0.3) is 10.2 Å². The number of methoxy groups -OCH3 is 1. The molecule has 8 heteroatoms. The van der Waals surface area contributed by atoms with Gasteiger partial charge in [-0.25, -0.2) is 14.8 Å². The Labute approximate surface area is 207 Å². The Bertz CT molecular complexity index is 990. The lowest BCUT2D eigenvalue weighted by Gasteiger charge is -2.35. The van der Waals surface area contributed by atoms with E-state index in [4.69, 9.17) is 14.2 Å². The molecule has 4 rings (SSSR count). The quantitative estimate of drug-likeness (QED) is 0.468. The van der Waals surface area contributed by atoms with Crippen LogP contribution in [-0.2, 0) is 15.9 Å². The minimum atomic E-state index is -0.483. The third kappa shape index (κ3) is 5.48. The summed E-state index contributed by atoms with van der Waals surface area (Å²) >= 11 is 1.79. The molecule has 2 aromatic heterocycles. The van der Waals surface area contributed by atoms with Gasteiger partial charge >= 0.3 is 6.09 Å². The number of rotatable bonds is 7. The molecule has 188 valence electrons. The van der Waals surface area contributed by atoms with Gasteiger partial charge < -0.3 is 19.1 Å². The number of carbonyl (C=O) groups excluding carboxylic acids is 1. The minimum absolute atomic E-state index is 0.0964. The molecule has 0 spiro atoms. The van der Waals surface area contributed by atoms with E-state index in [1.165, 1.54) is 10.4 Å². The van der Waals surface area contributed by atoms with Crippen molar-refractivity contribution in [3.05, 3.63) is 16.8 Å². The van der Waals surface area contributed by atoms with Gasteiger partial charge in [0.15, 0.2) is 0 Å². The van der Waals surface area contributed by atoms with Crippen molar-refractivity contribution < 1.29 is 19.0 Å². The lowest BCUT2D eigenvalue weighted by Crippen LogP contribution is -2.43. The van der Waals surface area contributed by atoms with Crippen LogP contribution < -0.4 is 4.74 Å². The van der Waals surface area contributed by atoms with Gasteiger partial charge in [-0.05, 0) is 83.6 Å². The van der Waals surface area contributed by atoms with Crippen LogP contribution in [0, 0.1) is 0 Å². The molecule has 0 unspecified atom stereocenters. The van der Waals surface area contributed by atoms with Gasteiger partial charge in [-0.15, -0.1) is 11.3 Å². The standard InChI is InChI=1S/C26H39N3O4S/c1-7-18(31-6)14-16-8-13-20-21(16)22-23(27-15-28-24(22)34-20)32-19-11-9-17(10-12-19)29(5)25(30)33-26(2,3)4/h15-19H,7-14H2,1-6H3/t16-,17-,18-,19-/m1/s1. The zero-order chi connectivity index (χ0) is 24.5. The molecule has 0 bridgehead atoms. The zero-order valence-corrected chi connectivity index (χ0v) is 22.2. The maximum atomic E-state index is 12.5. The van der Waals surface area contributed by atoms with E-state index in [-0.39, 0.29) is 24.3 Å². The van der Waals surface area contributed by atoms with Gasteiger partial charge in [0.05, 0.1) is 11.5 Å². The monoisotopic (exact) mass is 489 g/mol. The number of ether oxygens (including phenoxy) is 3. The Hall–Kier alpha value is -1.93. The first-order valence-electron chi connectivity index (χ1n) is 12.6. The molecule has 7 nitrogen and oxygen atoms in total. The molecule has 0 aromatic carbocycles. The molecule has 0 saturated heterocycles. The van der Waals surface area contributed by atoms with Gasteiger partial charge in [-0.2, -0.15) is 0 Å². The number of thiophene rings is 1. The van der Waals surface area contributed by atoms with Crippen molar-refractivity contribution in [3.8, 4) is 5.88 Å². The van der Waals surface area contributed by atoms with Crippen LogP contribution in [0.2, 0.25) is 0 Å². The third-order valence-electron chi connectivity index (χ3n) is 7.18. The molecule has 0 radical (unpaired) electrons. The van der Waals surface area contributed by atoms with Crippen molar-refractivity contribution in [2.45, 2.75) is 109 Å². The van der Waals surface area contributed by atoms with Gasteiger partial charge in [-0.1, -0.05) is 6.92 Å². The highest BCUT2D eigenvalue weighted by atomic mass is 32.1. The molecule has 0 aliphatic heterocycles. The van der Waals surface area contributed by atoms with Gasteiger partial charge in [0.2, 0.25) is 5.88 Å². The second-order valence-electron chi connectivity index (χ2n) is 10.7. The molecule has 2 heterocycles. The number of aromatic nitrogens is 2. The smallest absolute Gasteiger partial charge is 0.410 e. The molecule has 34 heavy (non-hydrogen) atoms. The summed E-state index contributed by atoms with van der Waals surface area (Å²) in [6.45, 7) is 7.88. The fourth-order valence-electron chi connectivity index (χ4n) is 5.30. The van der Waals surface area contributed by atoms with E-state index in [1.807, 2.05) is 34.9 Å². The van der Waals surface area contributed by atoms with E-state index in [9.17, 15) is 4.79 Å². The molecule has 2 aromatic rings. The molecule has 1 fully saturated rings. The second kappa shape index (κ2) is 10.4. The number of fused-ring (bicyclic) bond motifs is 3. The number of hydrogen-bond acceptors (Lipinski definition) is 7.